The Morgan fingerprint density at radius 2 is 1.80 bits per heavy atom. The lowest BCUT2D eigenvalue weighted by atomic mass is 9.83. The Morgan fingerprint density at radius 3 is 2.50 bits per heavy atom. The van der Waals surface area contributed by atoms with E-state index in [9.17, 15) is 5.26 Å². The molecule has 2 aliphatic heterocycles. The Balaban J connectivity index is 1.59. The lowest BCUT2D eigenvalue weighted by Crippen LogP contribution is -2.36. The van der Waals surface area contributed by atoms with Gasteiger partial charge in [-0.15, -0.1) is 5.10 Å². The number of hydrogen-bond donors (Lipinski definition) is 2. The Hall–Kier alpha value is -3.76. The predicted molar refractivity (Wildman–Crippen MR) is 113 cm³/mol. The minimum absolute atomic E-state index is 0.0957. The van der Waals surface area contributed by atoms with E-state index in [1.165, 1.54) is 0 Å². The van der Waals surface area contributed by atoms with Crippen LogP contribution in [0, 0.1) is 11.3 Å². The predicted octanol–water partition coefficient (Wildman–Crippen LogP) is 3.13. The van der Waals surface area contributed by atoms with Crippen LogP contribution in [0.4, 0.5) is 5.69 Å². The fourth-order valence-electron chi connectivity index (χ4n) is 4.10. The monoisotopic (exact) mass is 399 g/mol. The third-order valence-electron chi connectivity index (χ3n) is 5.60. The van der Waals surface area contributed by atoms with Crippen molar-refractivity contribution in [3.05, 3.63) is 77.2 Å². The number of nitrogens with two attached hydrogens (primary N) is 1. The smallest absolute Gasteiger partial charge is 0.244 e. The van der Waals surface area contributed by atoms with Crippen LogP contribution in [0.2, 0.25) is 0 Å². The molecule has 7 nitrogen and oxygen atoms in total. The zero-order valence-electron chi connectivity index (χ0n) is 16.3. The Labute approximate surface area is 174 Å². The molecule has 0 amide bonds. The van der Waals surface area contributed by atoms with Gasteiger partial charge in [-0.3, -0.25) is 5.10 Å². The van der Waals surface area contributed by atoms with Gasteiger partial charge in [0.15, 0.2) is 0 Å². The number of rotatable bonds is 3. The van der Waals surface area contributed by atoms with Crippen molar-refractivity contribution in [1.82, 2.24) is 10.2 Å². The molecule has 0 radical (unpaired) electrons. The molecule has 7 heteroatoms. The van der Waals surface area contributed by atoms with Crippen LogP contribution >= 0.6 is 0 Å². The average molecular weight is 399 g/mol. The number of ether oxygens (including phenoxy) is 2. The van der Waals surface area contributed by atoms with Crippen LogP contribution in [0.15, 0.2) is 66.1 Å². The number of aromatic amines is 1. The van der Waals surface area contributed by atoms with Gasteiger partial charge in [-0.1, -0.05) is 42.5 Å². The first kappa shape index (κ1) is 18.3. The fourth-order valence-corrected chi connectivity index (χ4v) is 4.10. The van der Waals surface area contributed by atoms with Crippen LogP contribution in [-0.4, -0.2) is 36.5 Å². The molecule has 0 bridgehead atoms. The number of benzene rings is 2. The topological polar surface area (TPSA) is 100 Å². The van der Waals surface area contributed by atoms with Gasteiger partial charge in [0.25, 0.3) is 0 Å². The standard InChI is InChI=1S/C23H21N5O2/c24-14-18-19(15-6-8-17(9-7-15)28-10-12-29-13-11-28)20-21(16-4-2-1-3-5-16)26-27-23(20)30-22(18)25/h1-9,19H,10-13,25H2,(H,26,27)/t19-/m0/s1. The molecule has 2 aromatic carbocycles. The Kier molecular flexibility index (Phi) is 4.62. The molecule has 5 rings (SSSR count). The highest BCUT2D eigenvalue weighted by atomic mass is 16.5. The summed E-state index contributed by atoms with van der Waals surface area (Å²) in [7, 11) is 0. The van der Waals surface area contributed by atoms with E-state index in [4.69, 9.17) is 15.2 Å². The number of nitriles is 1. The molecule has 1 fully saturated rings. The maximum Gasteiger partial charge on any atom is 0.244 e. The molecule has 1 aromatic heterocycles. The van der Waals surface area contributed by atoms with Crippen LogP contribution in [-0.2, 0) is 4.74 Å². The number of fused-ring (bicyclic) bond motifs is 1. The largest absolute Gasteiger partial charge is 0.420 e. The highest BCUT2D eigenvalue weighted by Gasteiger charge is 2.35. The van der Waals surface area contributed by atoms with E-state index in [0.717, 1.165) is 54.4 Å². The minimum atomic E-state index is -0.355. The summed E-state index contributed by atoms with van der Waals surface area (Å²) in [6.45, 7) is 3.21. The lowest BCUT2D eigenvalue weighted by molar-refractivity contribution is 0.122. The molecular formula is C23H21N5O2. The molecule has 0 spiro atoms. The summed E-state index contributed by atoms with van der Waals surface area (Å²) < 4.78 is 11.1. The average Bonchev–Trinajstić information content (AvgIpc) is 3.23. The first-order valence-electron chi connectivity index (χ1n) is 9.90. The van der Waals surface area contributed by atoms with Crippen LogP contribution < -0.4 is 15.4 Å². The number of nitrogens with zero attached hydrogens (tertiary/aromatic N) is 3. The minimum Gasteiger partial charge on any atom is -0.420 e. The number of hydrogen-bond acceptors (Lipinski definition) is 6. The van der Waals surface area contributed by atoms with E-state index in [1.54, 1.807) is 0 Å². The number of allylic oxidation sites excluding steroid dienone is 1. The summed E-state index contributed by atoms with van der Waals surface area (Å²) in [4.78, 5) is 2.30. The van der Waals surface area contributed by atoms with Crippen molar-refractivity contribution in [1.29, 1.82) is 5.26 Å². The Bertz CT molecular complexity index is 1120. The SMILES string of the molecule is N#CC1=C(N)Oc2n[nH]c(-c3ccccc3)c2[C@H]1c1ccc(N2CCOCC2)cc1. The molecule has 1 saturated heterocycles. The highest BCUT2D eigenvalue weighted by Crippen LogP contribution is 2.45. The van der Waals surface area contributed by atoms with Crippen LogP contribution in [0.25, 0.3) is 11.3 Å². The summed E-state index contributed by atoms with van der Waals surface area (Å²) in [6.07, 6.45) is 0. The van der Waals surface area contributed by atoms with E-state index in [-0.39, 0.29) is 11.8 Å². The molecule has 0 unspecified atom stereocenters. The summed E-state index contributed by atoms with van der Waals surface area (Å²) in [6, 6.07) is 20.4. The summed E-state index contributed by atoms with van der Waals surface area (Å²) in [5, 5.41) is 17.3. The molecular weight excluding hydrogens is 378 g/mol. The second kappa shape index (κ2) is 7.58. The lowest BCUT2D eigenvalue weighted by Gasteiger charge is -2.29. The maximum absolute atomic E-state index is 9.86. The fraction of sp³-hybridized carbons (Fsp3) is 0.217. The van der Waals surface area contributed by atoms with Gasteiger partial charge in [-0.25, -0.2) is 0 Å². The van der Waals surface area contributed by atoms with Crippen LogP contribution in [0.1, 0.15) is 17.0 Å². The molecule has 3 N–H and O–H groups in total. The quantitative estimate of drug-likeness (QED) is 0.702. The van der Waals surface area contributed by atoms with Gasteiger partial charge in [-0.2, -0.15) is 5.26 Å². The molecule has 30 heavy (non-hydrogen) atoms. The van der Waals surface area contributed by atoms with E-state index < -0.39 is 0 Å². The van der Waals surface area contributed by atoms with Crippen molar-refractivity contribution in [3.63, 3.8) is 0 Å². The van der Waals surface area contributed by atoms with E-state index in [2.05, 4.69) is 45.4 Å². The van der Waals surface area contributed by atoms with Gasteiger partial charge in [0, 0.05) is 18.8 Å². The van der Waals surface area contributed by atoms with Gasteiger partial charge in [0.1, 0.15) is 11.6 Å². The van der Waals surface area contributed by atoms with Gasteiger partial charge >= 0.3 is 0 Å². The van der Waals surface area contributed by atoms with Crippen molar-refractivity contribution in [2.75, 3.05) is 31.2 Å². The zero-order chi connectivity index (χ0) is 20.5. The third-order valence-corrected chi connectivity index (χ3v) is 5.60. The number of H-pyrrole nitrogens is 1. The zero-order valence-corrected chi connectivity index (χ0v) is 16.3. The maximum atomic E-state index is 9.86. The highest BCUT2D eigenvalue weighted by molar-refractivity contribution is 5.71. The number of anilines is 1. The van der Waals surface area contributed by atoms with Crippen LogP contribution in [0.5, 0.6) is 5.88 Å². The Morgan fingerprint density at radius 1 is 1.07 bits per heavy atom. The van der Waals surface area contributed by atoms with Gasteiger partial charge < -0.3 is 20.1 Å². The molecule has 0 aliphatic carbocycles. The van der Waals surface area contributed by atoms with E-state index >= 15 is 0 Å². The van der Waals surface area contributed by atoms with Crippen molar-refractivity contribution < 1.29 is 9.47 Å². The van der Waals surface area contributed by atoms with E-state index in [1.807, 2.05) is 30.3 Å². The molecule has 2 aliphatic rings. The third kappa shape index (κ3) is 3.08. The molecule has 3 aromatic rings. The van der Waals surface area contributed by atoms with Crippen molar-refractivity contribution in [2.45, 2.75) is 5.92 Å². The molecule has 0 saturated carbocycles. The van der Waals surface area contributed by atoms with Gasteiger partial charge in [-0.05, 0) is 23.3 Å². The molecule has 3 heterocycles. The van der Waals surface area contributed by atoms with Crippen molar-refractivity contribution in [3.8, 4) is 23.2 Å². The second-order valence-electron chi connectivity index (χ2n) is 7.30. The summed E-state index contributed by atoms with van der Waals surface area (Å²) in [5.74, 6) is 0.150. The first-order chi connectivity index (χ1) is 14.8. The number of morpholine rings is 1. The molecule has 150 valence electrons. The van der Waals surface area contributed by atoms with Crippen molar-refractivity contribution in [2.24, 2.45) is 5.73 Å². The number of nitrogens with one attached hydrogen (secondary N) is 1. The normalized spacial score (nSPS) is 18.5. The number of aromatic nitrogens is 2. The second-order valence-corrected chi connectivity index (χ2v) is 7.30. The molecule has 1 atom stereocenters. The van der Waals surface area contributed by atoms with Gasteiger partial charge in [0.2, 0.25) is 11.8 Å². The van der Waals surface area contributed by atoms with Crippen LogP contribution in [0.3, 0.4) is 0 Å². The summed E-state index contributed by atoms with van der Waals surface area (Å²) in [5.41, 5.74) is 11.2. The van der Waals surface area contributed by atoms with E-state index in [0.29, 0.717) is 11.5 Å². The van der Waals surface area contributed by atoms with Gasteiger partial charge in [0.05, 0.1) is 30.4 Å². The van der Waals surface area contributed by atoms with Crippen molar-refractivity contribution >= 4 is 5.69 Å². The first-order valence-corrected chi connectivity index (χ1v) is 9.90. The summed E-state index contributed by atoms with van der Waals surface area (Å²) >= 11 is 0.